The van der Waals surface area contributed by atoms with Gasteiger partial charge in [0.1, 0.15) is 28.6 Å². The number of hydrogen-bond acceptors (Lipinski definition) is 6. The van der Waals surface area contributed by atoms with Gasteiger partial charge < -0.3 is 10.1 Å². The summed E-state index contributed by atoms with van der Waals surface area (Å²) < 4.78 is 5.32. The van der Waals surface area contributed by atoms with Crippen LogP contribution >= 0.6 is 11.3 Å². The molecule has 1 N–H and O–H groups in total. The van der Waals surface area contributed by atoms with Crippen LogP contribution in [0.2, 0.25) is 0 Å². The Morgan fingerprint density at radius 2 is 2.16 bits per heavy atom. The molecule has 102 valence electrons. The molecule has 0 fully saturated rings. The fraction of sp³-hybridized carbons (Fsp3) is 0.462. The average molecular weight is 279 g/mol. The molecule has 19 heavy (non-hydrogen) atoms. The van der Waals surface area contributed by atoms with E-state index in [1.165, 1.54) is 17.7 Å². The van der Waals surface area contributed by atoms with Crippen LogP contribution in [0.1, 0.15) is 27.7 Å². The predicted molar refractivity (Wildman–Crippen MR) is 76.3 cm³/mol. The number of nitrogens with zero attached hydrogens (tertiary/aromatic N) is 2. The number of aromatic nitrogens is 2. The summed E-state index contributed by atoms with van der Waals surface area (Å²) >= 11 is 1.54. The minimum atomic E-state index is -0.490. The maximum atomic E-state index is 11.9. The monoisotopic (exact) mass is 279 g/mol. The second kappa shape index (κ2) is 5.13. The van der Waals surface area contributed by atoms with Gasteiger partial charge in [0.15, 0.2) is 0 Å². The zero-order chi connectivity index (χ0) is 14.0. The molecule has 0 bridgehead atoms. The molecule has 0 saturated heterocycles. The number of thiophene rings is 1. The van der Waals surface area contributed by atoms with Gasteiger partial charge in [-0.25, -0.2) is 14.8 Å². The van der Waals surface area contributed by atoms with Crippen molar-refractivity contribution in [2.45, 2.75) is 39.3 Å². The number of hydrogen-bond donors (Lipinski definition) is 1. The largest absolute Gasteiger partial charge is 0.458 e. The van der Waals surface area contributed by atoms with E-state index >= 15 is 0 Å². The molecule has 0 unspecified atom stereocenters. The van der Waals surface area contributed by atoms with Gasteiger partial charge >= 0.3 is 5.97 Å². The highest BCUT2D eigenvalue weighted by atomic mass is 32.1. The molecule has 1 atom stereocenters. The van der Waals surface area contributed by atoms with Crippen LogP contribution in [0.3, 0.4) is 0 Å². The van der Waals surface area contributed by atoms with Crippen LogP contribution in [0.25, 0.3) is 10.2 Å². The lowest BCUT2D eigenvalue weighted by Gasteiger charge is -2.23. The summed E-state index contributed by atoms with van der Waals surface area (Å²) in [6.07, 6.45) is 1.49. The highest BCUT2D eigenvalue weighted by Crippen LogP contribution is 2.24. The quantitative estimate of drug-likeness (QED) is 0.875. The summed E-state index contributed by atoms with van der Waals surface area (Å²) in [5.74, 6) is 0.360. The second-order valence-corrected chi connectivity index (χ2v) is 6.16. The predicted octanol–water partition coefficient (Wildman–Crippen LogP) is 2.83. The van der Waals surface area contributed by atoms with E-state index in [1.807, 2.05) is 32.2 Å². The molecule has 0 spiro atoms. The molecule has 0 aliphatic carbocycles. The Labute approximate surface area is 116 Å². The summed E-state index contributed by atoms with van der Waals surface area (Å²) in [4.78, 5) is 21.1. The second-order valence-electron chi connectivity index (χ2n) is 5.26. The molecule has 2 aromatic heterocycles. The Morgan fingerprint density at radius 1 is 1.42 bits per heavy atom. The third kappa shape index (κ3) is 3.41. The van der Waals surface area contributed by atoms with E-state index in [-0.39, 0.29) is 5.97 Å². The molecule has 0 aliphatic heterocycles. The van der Waals surface area contributed by atoms with Crippen molar-refractivity contribution in [3.05, 3.63) is 17.8 Å². The Kier molecular flexibility index (Phi) is 3.71. The summed E-state index contributed by atoms with van der Waals surface area (Å²) in [5, 5.41) is 5.94. The van der Waals surface area contributed by atoms with Crippen molar-refractivity contribution in [1.29, 1.82) is 0 Å². The lowest BCUT2D eigenvalue weighted by atomic mass is 10.2. The molecule has 0 amide bonds. The van der Waals surface area contributed by atoms with Crippen LogP contribution in [-0.4, -0.2) is 27.6 Å². The number of rotatable bonds is 3. The van der Waals surface area contributed by atoms with Gasteiger partial charge in [-0.1, -0.05) is 0 Å². The normalized spacial score (nSPS) is 13.3. The maximum Gasteiger partial charge on any atom is 0.328 e. The van der Waals surface area contributed by atoms with Gasteiger partial charge in [0.05, 0.1) is 5.39 Å². The van der Waals surface area contributed by atoms with Gasteiger partial charge in [0, 0.05) is 0 Å². The van der Waals surface area contributed by atoms with Crippen molar-refractivity contribution in [3.8, 4) is 0 Å². The van der Waals surface area contributed by atoms with Gasteiger partial charge in [0.25, 0.3) is 0 Å². The maximum absolute atomic E-state index is 11.9. The van der Waals surface area contributed by atoms with Crippen molar-refractivity contribution in [1.82, 2.24) is 9.97 Å². The number of fused-ring (bicyclic) bond motifs is 1. The Bertz CT molecular complexity index is 589. The molecule has 2 rings (SSSR count). The topological polar surface area (TPSA) is 64.1 Å². The van der Waals surface area contributed by atoms with Crippen LogP contribution in [0, 0.1) is 0 Å². The molecule has 2 aromatic rings. The molecule has 0 radical (unpaired) electrons. The smallest absolute Gasteiger partial charge is 0.328 e. The van der Waals surface area contributed by atoms with Crippen molar-refractivity contribution >= 4 is 33.3 Å². The minimum Gasteiger partial charge on any atom is -0.458 e. The fourth-order valence-corrected chi connectivity index (χ4v) is 2.29. The van der Waals surface area contributed by atoms with Crippen LogP contribution in [-0.2, 0) is 9.53 Å². The van der Waals surface area contributed by atoms with E-state index in [0.717, 1.165) is 10.2 Å². The number of anilines is 1. The molecular weight excluding hydrogens is 262 g/mol. The summed E-state index contributed by atoms with van der Waals surface area (Å²) in [6, 6.07) is 1.47. The molecule has 0 aromatic carbocycles. The van der Waals surface area contributed by atoms with E-state index < -0.39 is 11.6 Å². The lowest BCUT2D eigenvalue weighted by molar-refractivity contribution is -0.155. The standard InChI is InChI=1S/C13H17N3O2S/c1-8(12(17)18-13(2,3)4)16-10-9-5-6-19-11(9)15-7-14-10/h5-8H,1-4H3,(H,14,15,16)/t8-/m0/s1. The fourth-order valence-electron chi connectivity index (χ4n) is 1.56. The number of carbonyl (C=O) groups excluding carboxylic acids is 1. The van der Waals surface area contributed by atoms with Crippen molar-refractivity contribution in [2.24, 2.45) is 0 Å². The first-order valence-corrected chi connectivity index (χ1v) is 6.92. The summed E-state index contributed by atoms with van der Waals surface area (Å²) in [5.41, 5.74) is -0.490. The van der Waals surface area contributed by atoms with Crippen LogP contribution in [0.15, 0.2) is 17.8 Å². The van der Waals surface area contributed by atoms with Crippen LogP contribution in [0.4, 0.5) is 5.82 Å². The third-order valence-corrected chi connectivity index (χ3v) is 3.20. The van der Waals surface area contributed by atoms with E-state index in [0.29, 0.717) is 5.82 Å². The SMILES string of the molecule is C[C@H](Nc1ncnc2sccc12)C(=O)OC(C)(C)C. The molecule has 0 aliphatic rings. The molecule has 2 heterocycles. The minimum absolute atomic E-state index is 0.297. The van der Waals surface area contributed by atoms with Gasteiger partial charge in [0.2, 0.25) is 0 Å². The zero-order valence-corrected chi connectivity index (χ0v) is 12.2. The average Bonchev–Trinajstić information content (AvgIpc) is 2.75. The molecule has 6 heteroatoms. The van der Waals surface area contributed by atoms with Gasteiger partial charge in [-0.05, 0) is 39.1 Å². The van der Waals surface area contributed by atoms with Gasteiger partial charge in [-0.3, -0.25) is 0 Å². The highest BCUT2D eigenvalue weighted by Gasteiger charge is 2.22. The number of esters is 1. The summed E-state index contributed by atoms with van der Waals surface area (Å²) in [7, 11) is 0. The lowest BCUT2D eigenvalue weighted by Crippen LogP contribution is -2.34. The van der Waals surface area contributed by atoms with Crippen LogP contribution < -0.4 is 5.32 Å². The first-order valence-electron chi connectivity index (χ1n) is 6.04. The Hall–Kier alpha value is -1.69. The van der Waals surface area contributed by atoms with E-state index in [9.17, 15) is 4.79 Å². The van der Waals surface area contributed by atoms with Gasteiger partial charge in [-0.15, -0.1) is 11.3 Å². The van der Waals surface area contributed by atoms with Crippen LogP contribution in [0.5, 0.6) is 0 Å². The Morgan fingerprint density at radius 3 is 2.84 bits per heavy atom. The summed E-state index contributed by atoms with van der Waals surface area (Å²) in [6.45, 7) is 7.30. The highest BCUT2D eigenvalue weighted by molar-refractivity contribution is 7.16. The van der Waals surface area contributed by atoms with Crippen molar-refractivity contribution < 1.29 is 9.53 Å². The third-order valence-electron chi connectivity index (χ3n) is 2.38. The van der Waals surface area contributed by atoms with E-state index in [4.69, 9.17) is 4.74 Å². The number of ether oxygens (including phenoxy) is 1. The van der Waals surface area contributed by atoms with Gasteiger partial charge in [-0.2, -0.15) is 0 Å². The molecular formula is C13H17N3O2S. The van der Waals surface area contributed by atoms with Crippen molar-refractivity contribution in [3.63, 3.8) is 0 Å². The number of carbonyl (C=O) groups is 1. The molecule has 0 saturated carbocycles. The first kappa shape index (κ1) is 13.7. The van der Waals surface area contributed by atoms with E-state index in [2.05, 4.69) is 15.3 Å². The Balaban J connectivity index is 2.12. The van der Waals surface area contributed by atoms with E-state index in [1.54, 1.807) is 6.92 Å². The molecule has 5 nitrogen and oxygen atoms in total. The first-order chi connectivity index (χ1) is 8.87. The number of nitrogens with one attached hydrogen (secondary N) is 1. The zero-order valence-electron chi connectivity index (χ0n) is 11.4. The van der Waals surface area contributed by atoms with Crippen molar-refractivity contribution in [2.75, 3.05) is 5.32 Å².